The smallest absolute Gasteiger partial charge is 0.233 e. The van der Waals surface area contributed by atoms with Crippen LogP contribution in [0.3, 0.4) is 0 Å². The number of carbonyl (C=O) groups excluding carboxylic acids is 3. The van der Waals surface area contributed by atoms with Crippen molar-refractivity contribution in [2.45, 2.75) is 12.8 Å². The van der Waals surface area contributed by atoms with E-state index in [4.69, 9.17) is 0 Å². The predicted octanol–water partition coefficient (Wildman–Crippen LogP) is -0.120. The molecular formula is C8H11NO3S. The SMILES string of the molecule is O=CCCN1C(=O)CC(CS)C1=O. The summed E-state index contributed by atoms with van der Waals surface area (Å²) in [6, 6.07) is 0. The molecule has 4 nitrogen and oxygen atoms in total. The standard InChI is InChI=1S/C8H11NO3S/c10-3-1-2-9-7(11)4-6(5-13)8(9)12/h3,6,13H,1-2,4-5H2. The van der Waals surface area contributed by atoms with Crippen molar-refractivity contribution in [3.05, 3.63) is 0 Å². The van der Waals surface area contributed by atoms with Crippen molar-refractivity contribution in [1.29, 1.82) is 0 Å². The van der Waals surface area contributed by atoms with Gasteiger partial charge in [0.05, 0.1) is 5.92 Å². The van der Waals surface area contributed by atoms with Crippen molar-refractivity contribution < 1.29 is 14.4 Å². The minimum absolute atomic E-state index is 0.189. The van der Waals surface area contributed by atoms with Gasteiger partial charge in [-0.1, -0.05) is 0 Å². The van der Waals surface area contributed by atoms with Gasteiger partial charge >= 0.3 is 0 Å². The van der Waals surface area contributed by atoms with Gasteiger partial charge in [0.15, 0.2) is 0 Å². The molecule has 13 heavy (non-hydrogen) atoms. The van der Waals surface area contributed by atoms with Gasteiger partial charge in [-0.3, -0.25) is 14.5 Å². The number of rotatable bonds is 4. The van der Waals surface area contributed by atoms with Crippen LogP contribution < -0.4 is 0 Å². The first-order valence-corrected chi connectivity index (χ1v) is 4.72. The van der Waals surface area contributed by atoms with Crippen LogP contribution in [0, 0.1) is 5.92 Å². The van der Waals surface area contributed by atoms with E-state index in [-0.39, 0.29) is 37.1 Å². The maximum atomic E-state index is 11.4. The number of nitrogens with zero attached hydrogens (tertiary/aromatic N) is 1. The molecule has 0 aromatic heterocycles. The number of aldehydes is 1. The lowest BCUT2D eigenvalue weighted by atomic mass is 10.1. The van der Waals surface area contributed by atoms with Crippen molar-refractivity contribution >= 4 is 30.7 Å². The molecule has 0 aromatic carbocycles. The Kier molecular flexibility index (Phi) is 3.48. The van der Waals surface area contributed by atoms with Crippen LogP contribution in [0.5, 0.6) is 0 Å². The Balaban J connectivity index is 2.59. The Morgan fingerprint density at radius 3 is 2.69 bits per heavy atom. The summed E-state index contributed by atoms with van der Waals surface area (Å²) in [6.45, 7) is 0.214. The van der Waals surface area contributed by atoms with Crippen LogP contribution in [-0.2, 0) is 14.4 Å². The van der Waals surface area contributed by atoms with Gasteiger partial charge in [0.2, 0.25) is 11.8 Å². The maximum Gasteiger partial charge on any atom is 0.233 e. The highest BCUT2D eigenvalue weighted by Crippen LogP contribution is 2.20. The molecule has 1 fully saturated rings. The normalized spacial score (nSPS) is 22.5. The van der Waals surface area contributed by atoms with E-state index in [0.717, 1.165) is 4.90 Å². The van der Waals surface area contributed by atoms with Crippen LogP contribution in [0.15, 0.2) is 0 Å². The Morgan fingerprint density at radius 2 is 2.23 bits per heavy atom. The third-order valence-corrected chi connectivity index (χ3v) is 2.47. The summed E-state index contributed by atoms with van der Waals surface area (Å²) in [5.74, 6) is -0.280. The Bertz CT molecular complexity index is 242. The zero-order valence-electron chi connectivity index (χ0n) is 7.10. The largest absolute Gasteiger partial charge is 0.303 e. The Labute approximate surface area is 81.7 Å². The molecule has 5 heteroatoms. The Morgan fingerprint density at radius 1 is 1.54 bits per heavy atom. The molecule has 2 amide bonds. The zero-order chi connectivity index (χ0) is 9.84. The molecule has 72 valence electrons. The molecule has 0 aromatic rings. The highest BCUT2D eigenvalue weighted by Gasteiger charge is 2.36. The second kappa shape index (κ2) is 4.41. The van der Waals surface area contributed by atoms with Crippen molar-refractivity contribution in [3.8, 4) is 0 Å². The van der Waals surface area contributed by atoms with Crippen LogP contribution in [0.4, 0.5) is 0 Å². The number of amides is 2. The molecule has 1 aliphatic heterocycles. The van der Waals surface area contributed by atoms with E-state index in [1.165, 1.54) is 0 Å². The van der Waals surface area contributed by atoms with Crippen molar-refractivity contribution in [1.82, 2.24) is 4.90 Å². The van der Waals surface area contributed by atoms with Gasteiger partial charge in [0.1, 0.15) is 6.29 Å². The lowest BCUT2D eigenvalue weighted by molar-refractivity contribution is -0.139. The summed E-state index contributed by atoms with van der Waals surface area (Å²) < 4.78 is 0. The van der Waals surface area contributed by atoms with Crippen molar-refractivity contribution in [3.63, 3.8) is 0 Å². The number of thiol groups is 1. The summed E-state index contributed by atoms with van der Waals surface area (Å²) in [6.07, 6.45) is 1.16. The molecular weight excluding hydrogens is 190 g/mol. The summed E-state index contributed by atoms with van der Waals surface area (Å²) in [4.78, 5) is 33.8. The maximum absolute atomic E-state index is 11.4. The monoisotopic (exact) mass is 201 g/mol. The van der Waals surface area contributed by atoms with E-state index < -0.39 is 0 Å². The van der Waals surface area contributed by atoms with E-state index in [2.05, 4.69) is 12.6 Å². The number of likely N-dealkylation sites (tertiary alicyclic amines) is 1. The molecule has 1 heterocycles. The van der Waals surface area contributed by atoms with E-state index in [1.54, 1.807) is 0 Å². The quantitative estimate of drug-likeness (QED) is 0.392. The second-order valence-electron chi connectivity index (χ2n) is 2.92. The summed E-state index contributed by atoms with van der Waals surface area (Å²) in [5, 5.41) is 0. The van der Waals surface area contributed by atoms with Crippen molar-refractivity contribution in [2.75, 3.05) is 12.3 Å². The molecule has 0 bridgehead atoms. The first-order chi connectivity index (χ1) is 6.20. The van der Waals surface area contributed by atoms with Gasteiger partial charge in [-0.25, -0.2) is 0 Å². The minimum Gasteiger partial charge on any atom is -0.303 e. The average Bonchev–Trinajstić information content (AvgIpc) is 2.39. The molecule has 0 spiro atoms. The van der Waals surface area contributed by atoms with E-state index in [0.29, 0.717) is 12.0 Å². The lowest BCUT2D eigenvalue weighted by Crippen LogP contribution is -2.32. The second-order valence-corrected chi connectivity index (χ2v) is 3.29. The molecule has 1 aliphatic rings. The highest BCUT2D eigenvalue weighted by molar-refractivity contribution is 7.80. The van der Waals surface area contributed by atoms with Crippen LogP contribution in [0.25, 0.3) is 0 Å². The predicted molar refractivity (Wildman–Crippen MR) is 49.4 cm³/mol. The minimum atomic E-state index is -0.289. The number of imide groups is 1. The molecule has 1 unspecified atom stereocenters. The molecule has 1 rings (SSSR count). The first kappa shape index (κ1) is 10.2. The Hall–Kier alpha value is -0.840. The lowest BCUT2D eigenvalue weighted by Gasteiger charge is -2.11. The van der Waals surface area contributed by atoms with Gasteiger partial charge in [-0.2, -0.15) is 12.6 Å². The van der Waals surface area contributed by atoms with Crippen LogP contribution in [0.2, 0.25) is 0 Å². The molecule has 0 saturated carbocycles. The molecule has 0 N–H and O–H groups in total. The highest BCUT2D eigenvalue weighted by atomic mass is 32.1. The van der Waals surface area contributed by atoms with Crippen LogP contribution in [-0.4, -0.2) is 35.3 Å². The number of hydrogen-bond acceptors (Lipinski definition) is 4. The number of carbonyl (C=O) groups is 3. The van der Waals surface area contributed by atoms with E-state index in [1.807, 2.05) is 0 Å². The van der Waals surface area contributed by atoms with Gasteiger partial charge in [0.25, 0.3) is 0 Å². The van der Waals surface area contributed by atoms with E-state index >= 15 is 0 Å². The van der Waals surface area contributed by atoms with Gasteiger partial charge in [-0.15, -0.1) is 0 Å². The molecule has 1 saturated heterocycles. The third-order valence-electron chi connectivity index (χ3n) is 2.03. The summed E-state index contributed by atoms with van der Waals surface area (Å²) in [5.41, 5.74) is 0. The average molecular weight is 201 g/mol. The van der Waals surface area contributed by atoms with Gasteiger partial charge in [-0.05, 0) is 0 Å². The van der Waals surface area contributed by atoms with Gasteiger partial charge < -0.3 is 4.79 Å². The first-order valence-electron chi connectivity index (χ1n) is 4.09. The van der Waals surface area contributed by atoms with Crippen molar-refractivity contribution in [2.24, 2.45) is 5.92 Å². The van der Waals surface area contributed by atoms with Crippen LogP contribution >= 0.6 is 12.6 Å². The fourth-order valence-electron chi connectivity index (χ4n) is 1.31. The fourth-order valence-corrected chi connectivity index (χ4v) is 1.60. The van der Waals surface area contributed by atoms with E-state index in [9.17, 15) is 14.4 Å². The van der Waals surface area contributed by atoms with Gasteiger partial charge in [0, 0.05) is 25.1 Å². The number of hydrogen-bond donors (Lipinski definition) is 1. The third kappa shape index (κ3) is 2.09. The molecule has 0 radical (unpaired) electrons. The zero-order valence-corrected chi connectivity index (χ0v) is 8.00. The summed E-state index contributed by atoms with van der Waals surface area (Å²) >= 11 is 3.98. The summed E-state index contributed by atoms with van der Waals surface area (Å²) in [7, 11) is 0. The van der Waals surface area contributed by atoms with Crippen LogP contribution in [0.1, 0.15) is 12.8 Å². The fraction of sp³-hybridized carbons (Fsp3) is 0.625. The molecule has 1 atom stereocenters. The topological polar surface area (TPSA) is 54.5 Å². The molecule has 0 aliphatic carbocycles.